The van der Waals surface area contributed by atoms with E-state index in [4.69, 9.17) is 0 Å². The van der Waals surface area contributed by atoms with Crippen LogP contribution < -0.4 is 5.32 Å². The predicted octanol–water partition coefficient (Wildman–Crippen LogP) is 0.985. The second kappa shape index (κ2) is 1.93. The number of nitrogens with one attached hydrogen (secondary N) is 1. The van der Waals surface area contributed by atoms with Crippen molar-refractivity contribution in [2.45, 2.75) is 0 Å². The molecule has 0 saturated carbocycles. The summed E-state index contributed by atoms with van der Waals surface area (Å²) in [7, 11) is 1.84. The summed E-state index contributed by atoms with van der Waals surface area (Å²) in [5.41, 5.74) is 0. The van der Waals surface area contributed by atoms with Crippen molar-refractivity contribution in [3.05, 3.63) is 11.6 Å². The van der Waals surface area contributed by atoms with Crippen LogP contribution >= 0.6 is 11.3 Å². The average molecular weight is 113 g/mol. The molecule has 3 heteroatoms. The molecule has 37 valence electrons. The molecular formula is C4H5N2S. The van der Waals surface area contributed by atoms with Gasteiger partial charge in [0.2, 0.25) is 0 Å². The Labute approximate surface area is 46.2 Å². The fourth-order valence-electron chi connectivity index (χ4n) is 0.308. The van der Waals surface area contributed by atoms with Crippen LogP contribution in [0.3, 0.4) is 0 Å². The molecule has 0 aliphatic rings. The standard InChI is InChI=1S/C4H5N2S/c1-5-4-6-2-3-7-4/h3H,1H3,(H,5,6). The van der Waals surface area contributed by atoms with Gasteiger partial charge in [-0.05, 0) is 0 Å². The first-order valence-corrected chi connectivity index (χ1v) is 2.81. The Kier molecular flexibility index (Phi) is 1.26. The first-order chi connectivity index (χ1) is 3.43. The molecule has 0 saturated heterocycles. The van der Waals surface area contributed by atoms with Gasteiger partial charge < -0.3 is 5.32 Å². The highest BCUT2D eigenvalue weighted by Crippen LogP contribution is 2.06. The summed E-state index contributed by atoms with van der Waals surface area (Å²) < 4.78 is 0. The highest BCUT2D eigenvalue weighted by Gasteiger charge is 1.83. The molecule has 0 aliphatic heterocycles. The van der Waals surface area contributed by atoms with Gasteiger partial charge in [-0.2, -0.15) is 0 Å². The molecule has 0 amide bonds. The van der Waals surface area contributed by atoms with E-state index in [2.05, 4.69) is 16.5 Å². The van der Waals surface area contributed by atoms with E-state index in [1.807, 2.05) is 12.4 Å². The Morgan fingerprint density at radius 2 is 2.86 bits per heavy atom. The highest BCUT2D eigenvalue weighted by atomic mass is 32.1. The molecule has 0 spiro atoms. The molecule has 1 aromatic heterocycles. The quantitative estimate of drug-likeness (QED) is 0.587. The Bertz CT molecular complexity index is 124. The molecule has 0 aromatic carbocycles. The van der Waals surface area contributed by atoms with Crippen molar-refractivity contribution in [3.63, 3.8) is 0 Å². The van der Waals surface area contributed by atoms with E-state index in [0.29, 0.717) is 0 Å². The van der Waals surface area contributed by atoms with Gasteiger partial charge in [0.15, 0.2) is 5.13 Å². The van der Waals surface area contributed by atoms with Crippen molar-refractivity contribution in [2.75, 3.05) is 12.4 Å². The minimum absolute atomic E-state index is 0.917. The van der Waals surface area contributed by atoms with Crippen molar-refractivity contribution in [1.29, 1.82) is 0 Å². The molecule has 0 bridgehead atoms. The third-order valence-electron chi connectivity index (χ3n) is 0.603. The molecule has 1 radical (unpaired) electrons. The number of nitrogens with zero attached hydrogens (tertiary/aromatic N) is 1. The number of anilines is 1. The number of aromatic nitrogens is 1. The van der Waals surface area contributed by atoms with Crippen LogP contribution in [0.4, 0.5) is 5.13 Å². The Balaban J connectivity index is 2.76. The van der Waals surface area contributed by atoms with Gasteiger partial charge >= 0.3 is 0 Å². The van der Waals surface area contributed by atoms with E-state index in [9.17, 15) is 0 Å². The number of hydrogen-bond acceptors (Lipinski definition) is 3. The maximum absolute atomic E-state index is 3.82. The number of rotatable bonds is 1. The zero-order valence-electron chi connectivity index (χ0n) is 3.93. The molecule has 0 aliphatic carbocycles. The third kappa shape index (κ3) is 0.899. The molecule has 2 nitrogen and oxygen atoms in total. The maximum atomic E-state index is 3.82. The van der Waals surface area contributed by atoms with Crippen LogP contribution in [0, 0.1) is 6.20 Å². The molecule has 7 heavy (non-hydrogen) atoms. The van der Waals surface area contributed by atoms with E-state index in [0.717, 1.165) is 5.13 Å². The normalized spacial score (nSPS) is 8.71. The SMILES string of the molecule is CNc1n[c]cs1. The van der Waals surface area contributed by atoms with Gasteiger partial charge in [0.05, 0.1) is 0 Å². The molecule has 0 fully saturated rings. The first-order valence-electron chi connectivity index (χ1n) is 1.93. The van der Waals surface area contributed by atoms with Crippen LogP contribution in [0.1, 0.15) is 0 Å². The summed E-state index contributed by atoms with van der Waals surface area (Å²) in [5.74, 6) is 0. The summed E-state index contributed by atoms with van der Waals surface area (Å²) >= 11 is 1.55. The summed E-state index contributed by atoms with van der Waals surface area (Å²) in [6.45, 7) is 0. The second-order valence-corrected chi connectivity index (χ2v) is 1.89. The van der Waals surface area contributed by atoms with E-state index in [-0.39, 0.29) is 0 Å². The van der Waals surface area contributed by atoms with Crippen LogP contribution in [0.5, 0.6) is 0 Å². The van der Waals surface area contributed by atoms with Gasteiger partial charge in [0.1, 0.15) is 6.20 Å². The van der Waals surface area contributed by atoms with Crippen LogP contribution in [0.25, 0.3) is 0 Å². The first kappa shape index (κ1) is 4.59. The third-order valence-corrected chi connectivity index (χ3v) is 1.35. The summed E-state index contributed by atoms with van der Waals surface area (Å²) in [6.07, 6.45) is 2.69. The van der Waals surface area contributed by atoms with E-state index in [1.165, 1.54) is 0 Å². The molecular weight excluding hydrogens is 108 g/mol. The van der Waals surface area contributed by atoms with Crippen molar-refractivity contribution in [3.8, 4) is 0 Å². The van der Waals surface area contributed by atoms with Gasteiger partial charge in [-0.15, -0.1) is 11.3 Å². The fraction of sp³-hybridized carbons (Fsp3) is 0.250. The molecule has 0 atom stereocenters. The Hall–Kier alpha value is -0.570. The topological polar surface area (TPSA) is 24.9 Å². The Morgan fingerprint density at radius 1 is 2.00 bits per heavy atom. The lowest BCUT2D eigenvalue weighted by molar-refractivity contribution is 1.36. The molecule has 1 aromatic rings. The molecule has 0 unspecified atom stereocenters. The molecule has 1 heterocycles. The fourth-order valence-corrected chi connectivity index (χ4v) is 0.749. The second-order valence-electron chi connectivity index (χ2n) is 1.03. The maximum Gasteiger partial charge on any atom is 0.183 e. The van der Waals surface area contributed by atoms with Crippen LogP contribution in [0.2, 0.25) is 0 Å². The van der Waals surface area contributed by atoms with Crippen molar-refractivity contribution >= 4 is 16.5 Å². The van der Waals surface area contributed by atoms with Crippen LogP contribution in [-0.2, 0) is 0 Å². The number of thiazole rings is 1. The minimum atomic E-state index is 0.917. The van der Waals surface area contributed by atoms with Gasteiger partial charge in [0.25, 0.3) is 0 Å². The highest BCUT2D eigenvalue weighted by molar-refractivity contribution is 7.13. The van der Waals surface area contributed by atoms with E-state index < -0.39 is 0 Å². The van der Waals surface area contributed by atoms with Crippen molar-refractivity contribution < 1.29 is 0 Å². The summed E-state index contributed by atoms with van der Waals surface area (Å²) in [4.78, 5) is 3.82. The Morgan fingerprint density at radius 3 is 3.14 bits per heavy atom. The smallest absolute Gasteiger partial charge is 0.183 e. The largest absolute Gasteiger partial charge is 0.365 e. The lowest BCUT2D eigenvalue weighted by atomic mass is 11.0. The van der Waals surface area contributed by atoms with Crippen molar-refractivity contribution in [1.82, 2.24) is 4.98 Å². The van der Waals surface area contributed by atoms with E-state index in [1.54, 1.807) is 11.3 Å². The monoisotopic (exact) mass is 113 g/mol. The van der Waals surface area contributed by atoms with E-state index >= 15 is 0 Å². The summed E-state index contributed by atoms with van der Waals surface area (Å²) in [5, 5.41) is 5.61. The minimum Gasteiger partial charge on any atom is -0.365 e. The average Bonchev–Trinajstić information content (AvgIpc) is 2.14. The van der Waals surface area contributed by atoms with Crippen LogP contribution in [-0.4, -0.2) is 12.0 Å². The van der Waals surface area contributed by atoms with Gasteiger partial charge in [0, 0.05) is 12.4 Å². The van der Waals surface area contributed by atoms with Gasteiger partial charge in [-0.25, -0.2) is 4.98 Å². The predicted molar refractivity (Wildman–Crippen MR) is 30.5 cm³/mol. The number of hydrogen-bond donors (Lipinski definition) is 1. The molecule has 1 rings (SSSR count). The van der Waals surface area contributed by atoms with Crippen LogP contribution in [0.15, 0.2) is 5.38 Å². The van der Waals surface area contributed by atoms with Crippen molar-refractivity contribution in [2.24, 2.45) is 0 Å². The summed E-state index contributed by atoms with van der Waals surface area (Å²) in [6, 6.07) is 0. The van der Waals surface area contributed by atoms with Gasteiger partial charge in [-0.1, -0.05) is 0 Å². The molecule has 1 N–H and O–H groups in total. The lowest BCUT2D eigenvalue weighted by Crippen LogP contribution is -1.83. The zero-order chi connectivity index (χ0) is 5.11. The van der Waals surface area contributed by atoms with Gasteiger partial charge in [-0.3, -0.25) is 0 Å². The lowest BCUT2D eigenvalue weighted by Gasteiger charge is -1.83. The zero-order valence-corrected chi connectivity index (χ0v) is 4.75.